The van der Waals surface area contributed by atoms with E-state index in [0.717, 1.165) is 0 Å². The number of carbonyl (C=O) groups excluding carboxylic acids is 2. The summed E-state index contributed by atoms with van der Waals surface area (Å²) in [6.07, 6.45) is 8.57. The van der Waals surface area contributed by atoms with Crippen LogP contribution in [0.5, 0.6) is 0 Å². The summed E-state index contributed by atoms with van der Waals surface area (Å²) in [5.74, 6) is 0.617. The molecule has 6 heteroatoms. The molecular weight excluding hydrogens is 258 g/mol. The lowest BCUT2D eigenvalue weighted by atomic mass is 10.1. The molecule has 1 saturated carbocycles. The molecule has 2 fully saturated rings. The van der Waals surface area contributed by atoms with Crippen LogP contribution in [0.3, 0.4) is 0 Å². The highest BCUT2D eigenvalue weighted by Gasteiger charge is 2.24. The lowest BCUT2D eigenvalue weighted by Crippen LogP contribution is -2.52. The Morgan fingerprint density at radius 2 is 1.70 bits per heavy atom. The largest absolute Gasteiger partial charge is 0.453 e. The number of rotatable bonds is 2. The maximum Gasteiger partial charge on any atom is 0.409 e. The third kappa shape index (κ3) is 3.88. The number of allylic oxidation sites excluding steroid dienone is 1. The van der Waals surface area contributed by atoms with Crippen molar-refractivity contribution in [2.45, 2.75) is 25.7 Å². The number of amides is 3. The zero-order valence-electron chi connectivity index (χ0n) is 12.0. The molecule has 1 N–H and O–H groups in total. The highest BCUT2D eigenvalue weighted by molar-refractivity contribution is 5.75. The fourth-order valence-corrected chi connectivity index (χ4v) is 2.72. The summed E-state index contributed by atoms with van der Waals surface area (Å²) < 4.78 is 4.66. The number of hydrogen-bond acceptors (Lipinski definition) is 3. The molecule has 2 aliphatic rings. The van der Waals surface area contributed by atoms with Gasteiger partial charge in [-0.25, -0.2) is 9.59 Å². The van der Waals surface area contributed by atoms with Crippen LogP contribution in [-0.4, -0.2) is 55.2 Å². The number of urea groups is 1. The van der Waals surface area contributed by atoms with E-state index in [1.807, 2.05) is 0 Å². The average molecular weight is 281 g/mol. The number of methoxy groups -OCH3 is 1. The molecule has 2 rings (SSSR count). The number of nitrogens with zero attached hydrogens (tertiary/aromatic N) is 2. The first-order valence-corrected chi connectivity index (χ1v) is 7.25. The van der Waals surface area contributed by atoms with Gasteiger partial charge in [-0.2, -0.15) is 0 Å². The Kier molecular flexibility index (Phi) is 5.26. The Hall–Kier alpha value is -1.72. The number of hydrogen-bond donors (Lipinski definition) is 1. The molecule has 112 valence electrons. The van der Waals surface area contributed by atoms with E-state index in [-0.39, 0.29) is 12.1 Å². The number of carbonyl (C=O) groups is 2. The number of piperazine rings is 1. The van der Waals surface area contributed by atoms with Gasteiger partial charge in [0.15, 0.2) is 0 Å². The van der Waals surface area contributed by atoms with E-state index >= 15 is 0 Å². The van der Waals surface area contributed by atoms with E-state index in [2.05, 4.69) is 16.1 Å². The highest BCUT2D eigenvalue weighted by Crippen LogP contribution is 2.25. The zero-order valence-corrected chi connectivity index (χ0v) is 12.0. The van der Waals surface area contributed by atoms with Gasteiger partial charge in [0, 0.05) is 32.4 Å². The van der Waals surface area contributed by atoms with E-state index in [0.29, 0.717) is 32.1 Å². The molecule has 1 saturated heterocycles. The lowest BCUT2D eigenvalue weighted by molar-refractivity contribution is 0.0976. The van der Waals surface area contributed by atoms with Gasteiger partial charge in [0.2, 0.25) is 0 Å². The summed E-state index contributed by atoms with van der Waals surface area (Å²) in [6, 6.07) is -0.0937. The van der Waals surface area contributed by atoms with Gasteiger partial charge in [0.05, 0.1) is 7.11 Å². The fourth-order valence-electron chi connectivity index (χ4n) is 2.72. The molecule has 1 aliphatic carbocycles. The van der Waals surface area contributed by atoms with Crippen LogP contribution in [0.2, 0.25) is 0 Å². The average Bonchev–Trinajstić information content (AvgIpc) is 2.99. The fraction of sp³-hybridized carbons (Fsp3) is 0.714. The van der Waals surface area contributed by atoms with Crippen LogP contribution in [0, 0.1) is 5.92 Å². The Labute approximate surface area is 119 Å². The Bertz CT molecular complexity index is 370. The van der Waals surface area contributed by atoms with Gasteiger partial charge in [0.25, 0.3) is 0 Å². The summed E-state index contributed by atoms with van der Waals surface area (Å²) >= 11 is 0. The summed E-state index contributed by atoms with van der Waals surface area (Å²) in [4.78, 5) is 26.6. The van der Waals surface area contributed by atoms with E-state index < -0.39 is 0 Å². The monoisotopic (exact) mass is 281 g/mol. The van der Waals surface area contributed by atoms with Crippen LogP contribution in [0.1, 0.15) is 25.7 Å². The molecule has 1 aliphatic heterocycles. The molecule has 20 heavy (non-hydrogen) atoms. The Balaban J connectivity index is 1.70. The summed E-state index contributed by atoms with van der Waals surface area (Å²) in [5.41, 5.74) is 0. The maximum atomic E-state index is 11.9. The first kappa shape index (κ1) is 14.7. The van der Waals surface area contributed by atoms with Gasteiger partial charge in [-0.1, -0.05) is 18.9 Å². The molecule has 0 aromatic heterocycles. The van der Waals surface area contributed by atoms with E-state index in [4.69, 9.17) is 0 Å². The molecular formula is C14H23N3O3. The van der Waals surface area contributed by atoms with E-state index in [9.17, 15) is 9.59 Å². The minimum Gasteiger partial charge on any atom is -0.453 e. The van der Waals surface area contributed by atoms with Crippen molar-refractivity contribution in [1.29, 1.82) is 0 Å². The second-order valence-electron chi connectivity index (χ2n) is 5.30. The van der Waals surface area contributed by atoms with Crippen LogP contribution in [0.25, 0.3) is 0 Å². The van der Waals surface area contributed by atoms with Crippen molar-refractivity contribution in [3.63, 3.8) is 0 Å². The minimum absolute atomic E-state index is 0.0937. The van der Waals surface area contributed by atoms with Crippen molar-refractivity contribution in [3.05, 3.63) is 12.3 Å². The van der Waals surface area contributed by atoms with Crippen LogP contribution in [-0.2, 0) is 4.74 Å². The van der Waals surface area contributed by atoms with Gasteiger partial charge in [-0.15, -0.1) is 0 Å². The van der Waals surface area contributed by atoms with Crippen LogP contribution < -0.4 is 5.32 Å². The lowest BCUT2D eigenvalue weighted by Gasteiger charge is -2.33. The summed E-state index contributed by atoms with van der Waals surface area (Å²) in [7, 11) is 1.37. The molecule has 0 bridgehead atoms. The molecule has 0 radical (unpaired) electrons. The van der Waals surface area contributed by atoms with Crippen molar-refractivity contribution in [1.82, 2.24) is 15.1 Å². The van der Waals surface area contributed by atoms with Gasteiger partial charge >= 0.3 is 12.1 Å². The van der Waals surface area contributed by atoms with Crippen LogP contribution in [0.4, 0.5) is 9.59 Å². The van der Waals surface area contributed by atoms with E-state index in [1.165, 1.54) is 32.8 Å². The van der Waals surface area contributed by atoms with Gasteiger partial charge in [-0.3, -0.25) is 0 Å². The van der Waals surface area contributed by atoms with Crippen molar-refractivity contribution in [2.24, 2.45) is 5.92 Å². The molecule has 6 nitrogen and oxygen atoms in total. The Morgan fingerprint density at radius 3 is 2.30 bits per heavy atom. The maximum absolute atomic E-state index is 11.9. The topological polar surface area (TPSA) is 61.9 Å². The number of nitrogens with one attached hydrogen (secondary N) is 1. The van der Waals surface area contributed by atoms with Gasteiger partial charge < -0.3 is 19.9 Å². The van der Waals surface area contributed by atoms with Crippen molar-refractivity contribution in [2.75, 3.05) is 33.3 Å². The molecule has 0 atom stereocenters. The molecule has 3 amide bonds. The first-order chi connectivity index (χ1) is 9.70. The van der Waals surface area contributed by atoms with Crippen molar-refractivity contribution >= 4 is 12.1 Å². The van der Waals surface area contributed by atoms with Gasteiger partial charge in [-0.05, 0) is 18.8 Å². The second-order valence-corrected chi connectivity index (χ2v) is 5.30. The third-order valence-corrected chi connectivity index (χ3v) is 3.97. The van der Waals surface area contributed by atoms with Crippen LogP contribution >= 0.6 is 0 Å². The van der Waals surface area contributed by atoms with Gasteiger partial charge in [0.1, 0.15) is 0 Å². The molecule has 0 aromatic carbocycles. The first-order valence-electron chi connectivity index (χ1n) is 7.25. The van der Waals surface area contributed by atoms with Crippen molar-refractivity contribution < 1.29 is 14.3 Å². The molecule has 0 aromatic rings. The SMILES string of the molecule is COC(=O)N1CCN(C(=O)N/C=C/C2CCCC2)CC1. The predicted octanol–water partition coefficient (Wildman–Crippen LogP) is 1.78. The Morgan fingerprint density at radius 1 is 1.10 bits per heavy atom. The predicted molar refractivity (Wildman–Crippen MR) is 75.2 cm³/mol. The second kappa shape index (κ2) is 7.17. The third-order valence-electron chi connectivity index (χ3n) is 3.97. The minimum atomic E-state index is -0.328. The standard InChI is InChI=1S/C14H23N3O3/c1-20-14(19)17-10-8-16(9-11-17)13(18)15-7-6-12-4-2-3-5-12/h6-7,12H,2-5,8-11H2,1H3,(H,15,18)/b7-6+. The quantitative estimate of drug-likeness (QED) is 0.839. The van der Waals surface area contributed by atoms with Crippen molar-refractivity contribution in [3.8, 4) is 0 Å². The normalized spacial score (nSPS) is 20.4. The number of ether oxygens (including phenoxy) is 1. The summed E-state index contributed by atoms with van der Waals surface area (Å²) in [6.45, 7) is 2.12. The molecule has 0 spiro atoms. The molecule has 0 unspecified atom stereocenters. The summed E-state index contributed by atoms with van der Waals surface area (Å²) in [5, 5.41) is 2.81. The van der Waals surface area contributed by atoms with Crippen LogP contribution in [0.15, 0.2) is 12.3 Å². The zero-order chi connectivity index (χ0) is 14.4. The molecule has 1 heterocycles. The highest BCUT2D eigenvalue weighted by atomic mass is 16.5. The smallest absolute Gasteiger partial charge is 0.409 e. The van der Waals surface area contributed by atoms with E-state index in [1.54, 1.807) is 16.0 Å².